The summed E-state index contributed by atoms with van der Waals surface area (Å²) in [6.45, 7) is 6.52. The van der Waals surface area contributed by atoms with Crippen LogP contribution in [0.1, 0.15) is 39.0 Å². The van der Waals surface area contributed by atoms with E-state index in [0.717, 1.165) is 55.8 Å². The van der Waals surface area contributed by atoms with Crippen LogP contribution in [-0.4, -0.2) is 57.3 Å². The van der Waals surface area contributed by atoms with Gasteiger partial charge in [-0.05, 0) is 30.9 Å². The minimum atomic E-state index is 0.157. The Bertz CT molecular complexity index is 453. The summed E-state index contributed by atoms with van der Waals surface area (Å²) in [7, 11) is 0. The van der Waals surface area contributed by atoms with E-state index in [1.165, 1.54) is 19.3 Å². The lowest BCUT2D eigenvalue weighted by atomic mass is 9.81. The molecule has 0 aliphatic heterocycles. The number of thioether (sulfide) groups is 1. The Morgan fingerprint density at radius 3 is 2.37 bits per heavy atom. The van der Waals surface area contributed by atoms with E-state index in [1.807, 2.05) is 42.1 Å². The van der Waals surface area contributed by atoms with Gasteiger partial charge in [0, 0.05) is 18.1 Å². The topological polar surface area (TPSA) is 36.9 Å². The van der Waals surface area contributed by atoms with Crippen LogP contribution in [0.25, 0.3) is 0 Å². The summed E-state index contributed by atoms with van der Waals surface area (Å²) in [5.41, 5.74) is 0. The van der Waals surface area contributed by atoms with Crippen molar-refractivity contribution in [3.63, 3.8) is 0 Å². The number of rotatable bonds is 17. The fourth-order valence-electron chi connectivity index (χ4n) is 2.95. The molecule has 1 fully saturated rings. The van der Waals surface area contributed by atoms with E-state index in [-0.39, 0.29) is 6.10 Å². The van der Waals surface area contributed by atoms with Gasteiger partial charge in [-0.1, -0.05) is 44.4 Å². The van der Waals surface area contributed by atoms with Gasteiger partial charge in [0.15, 0.2) is 0 Å². The monoisotopic (exact) mass is 396 g/mol. The quantitative estimate of drug-likeness (QED) is 0.353. The third-order valence-electron chi connectivity index (χ3n) is 4.67. The first-order valence-electron chi connectivity index (χ1n) is 10.4. The summed E-state index contributed by atoms with van der Waals surface area (Å²) in [4.78, 5) is 0. The zero-order chi connectivity index (χ0) is 19.0. The number of benzene rings is 1. The van der Waals surface area contributed by atoms with Gasteiger partial charge in [-0.2, -0.15) is 11.8 Å². The van der Waals surface area contributed by atoms with Gasteiger partial charge in [0.1, 0.15) is 12.4 Å². The van der Waals surface area contributed by atoms with Gasteiger partial charge >= 0.3 is 0 Å². The van der Waals surface area contributed by atoms with E-state index in [4.69, 9.17) is 18.9 Å². The van der Waals surface area contributed by atoms with Gasteiger partial charge in [0.05, 0.1) is 32.5 Å². The molecule has 154 valence electrons. The van der Waals surface area contributed by atoms with Crippen LogP contribution in [0.2, 0.25) is 0 Å². The van der Waals surface area contributed by atoms with Crippen LogP contribution in [0.4, 0.5) is 0 Å². The van der Waals surface area contributed by atoms with Crippen molar-refractivity contribution in [2.75, 3.05) is 51.1 Å². The fourth-order valence-corrected chi connectivity index (χ4v) is 3.63. The van der Waals surface area contributed by atoms with Crippen molar-refractivity contribution in [3.05, 3.63) is 30.3 Å². The van der Waals surface area contributed by atoms with Crippen molar-refractivity contribution < 1.29 is 18.9 Å². The van der Waals surface area contributed by atoms with E-state index in [0.29, 0.717) is 19.8 Å². The molecule has 1 aromatic carbocycles. The molecule has 0 spiro atoms. The highest BCUT2D eigenvalue weighted by Crippen LogP contribution is 2.31. The Morgan fingerprint density at radius 1 is 0.963 bits per heavy atom. The molecule has 1 aliphatic rings. The van der Waals surface area contributed by atoms with E-state index < -0.39 is 0 Å². The molecule has 0 bridgehead atoms. The lowest BCUT2D eigenvalue weighted by Crippen LogP contribution is -2.28. The van der Waals surface area contributed by atoms with E-state index in [1.54, 1.807) is 0 Å². The second kappa shape index (κ2) is 15.2. The van der Waals surface area contributed by atoms with Crippen molar-refractivity contribution >= 4 is 11.8 Å². The zero-order valence-electron chi connectivity index (χ0n) is 16.8. The van der Waals surface area contributed by atoms with Crippen LogP contribution in [0, 0.1) is 5.92 Å². The molecule has 1 saturated carbocycles. The molecule has 4 nitrogen and oxygen atoms in total. The Hall–Kier alpha value is -0.750. The van der Waals surface area contributed by atoms with Crippen molar-refractivity contribution in [2.45, 2.75) is 45.1 Å². The number of hydrogen-bond acceptors (Lipinski definition) is 5. The Morgan fingerprint density at radius 2 is 1.70 bits per heavy atom. The summed E-state index contributed by atoms with van der Waals surface area (Å²) >= 11 is 1.88. The highest BCUT2D eigenvalue weighted by Gasteiger charge is 2.23. The molecule has 0 aromatic heterocycles. The molecular weight excluding hydrogens is 360 g/mol. The molecule has 1 aromatic rings. The maximum atomic E-state index is 6.07. The smallest absolute Gasteiger partial charge is 0.119 e. The third kappa shape index (κ3) is 11.0. The predicted octanol–water partition coefficient (Wildman–Crippen LogP) is 4.82. The van der Waals surface area contributed by atoms with Gasteiger partial charge in [0.2, 0.25) is 0 Å². The first-order chi connectivity index (χ1) is 13.4. The number of ether oxygens (including phenoxy) is 4. The van der Waals surface area contributed by atoms with Gasteiger partial charge < -0.3 is 18.9 Å². The molecule has 0 amide bonds. The number of para-hydroxylation sites is 1. The van der Waals surface area contributed by atoms with Gasteiger partial charge in [-0.3, -0.25) is 0 Å². The van der Waals surface area contributed by atoms with Gasteiger partial charge in [0.25, 0.3) is 0 Å². The van der Waals surface area contributed by atoms with E-state index >= 15 is 0 Å². The maximum absolute atomic E-state index is 6.07. The molecule has 27 heavy (non-hydrogen) atoms. The number of hydrogen-bond donors (Lipinski definition) is 0. The molecule has 1 unspecified atom stereocenters. The lowest BCUT2D eigenvalue weighted by molar-refractivity contribution is -0.0276. The molecule has 2 rings (SSSR count). The Labute approximate surface area is 169 Å². The molecule has 1 atom stereocenters. The molecule has 0 radical (unpaired) electrons. The molecule has 1 aliphatic carbocycles. The van der Waals surface area contributed by atoms with Gasteiger partial charge in [-0.25, -0.2) is 0 Å². The van der Waals surface area contributed by atoms with Crippen molar-refractivity contribution in [2.24, 2.45) is 5.92 Å². The van der Waals surface area contributed by atoms with Crippen LogP contribution in [0.3, 0.4) is 0 Å². The SMILES string of the molecule is CCCOCCSCCOCCOC(COc1ccccc1)CC1CCC1. The minimum absolute atomic E-state index is 0.157. The first-order valence-corrected chi connectivity index (χ1v) is 11.6. The third-order valence-corrected chi connectivity index (χ3v) is 5.58. The summed E-state index contributed by atoms with van der Waals surface area (Å²) in [6, 6.07) is 9.99. The average molecular weight is 397 g/mol. The maximum Gasteiger partial charge on any atom is 0.119 e. The Kier molecular flexibility index (Phi) is 12.7. The lowest BCUT2D eigenvalue weighted by Gasteiger charge is -2.29. The normalized spacial score (nSPS) is 15.4. The highest BCUT2D eigenvalue weighted by molar-refractivity contribution is 7.99. The van der Waals surface area contributed by atoms with Crippen LogP contribution < -0.4 is 4.74 Å². The van der Waals surface area contributed by atoms with Crippen LogP contribution in [-0.2, 0) is 14.2 Å². The van der Waals surface area contributed by atoms with Crippen molar-refractivity contribution in [3.8, 4) is 5.75 Å². The minimum Gasteiger partial charge on any atom is -0.491 e. The molecular formula is C22H36O4S. The average Bonchev–Trinajstić information content (AvgIpc) is 2.67. The largest absolute Gasteiger partial charge is 0.491 e. The second-order valence-electron chi connectivity index (χ2n) is 6.99. The first kappa shape index (κ1) is 22.5. The van der Waals surface area contributed by atoms with Crippen LogP contribution in [0.5, 0.6) is 5.75 Å². The van der Waals surface area contributed by atoms with E-state index in [9.17, 15) is 0 Å². The van der Waals surface area contributed by atoms with E-state index in [2.05, 4.69) is 6.92 Å². The van der Waals surface area contributed by atoms with Crippen molar-refractivity contribution in [1.82, 2.24) is 0 Å². The highest BCUT2D eigenvalue weighted by atomic mass is 32.2. The summed E-state index contributed by atoms with van der Waals surface area (Å²) in [6.07, 6.45) is 6.37. The van der Waals surface area contributed by atoms with Crippen LogP contribution in [0.15, 0.2) is 30.3 Å². The summed E-state index contributed by atoms with van der Waals surface area (Å²) in [5, 5.41) is 0. The second-order valence-corrected chi connectivity index (χ2v) is 8.21. The summed E-state index contributed by atoms with van der Waals surface area (Å²) in [5.74, 6) is 3.77. The Balaban J connectivity index is 1.50. The fraction of sp³-hybridized carbons (Fsp3) is 0.727. The molecule has 5 heteroatoms. The van der Waals surface area contributed by atoms with Gasteiger partial charge in [-0.15, -0.1) is 0 Å². The zero-order valence-corrected chi connectivity index (χ0v) is 17.6. The summed E-state index contributed by atoms with van der Waals surface area (Å²) < 4.78 is 23.1. The molecule has 0 saturated heterocycles. The predicted molar refractivity (Wildman–Crippen MR) is 113 cm³/mol. The van der Waals surface area contributed by atoms with Crippen LogP contribution >= 0.6 is 11.8 Å². The molecule has 0 heterocycles. The molecule has 0 N–H and O–H groups in total. The standard InChI is InChI=1S/C22H36O4S/c1-2-11-23-14-16-27-17-15-24-12-13-25-22(18-20-7-6-8-20)19-26-21-9-4-3-5-10-21/h3-5,9-10,20,22H,2,6-8,11-19H2,1H3. The van der Waals surface area contributed by atoms with Crippen molar-refractivity contribution in [1.29, 1.82) is 0 Å².